The van der Waals surface area contributed by atoms with Gasteiger partial charge in [-0.2, -0.15) is 0 Å². The van der Waals surface area contributed by atoms with Gasteiger partial charge in [-0.05, 0) is 45.1 Å². The maximum absolute atomic E-state index is 3.59. The summed E-state index contributed by atoms with van der Waals surface area (Å²) in [6, 6.07) is 9.67. The Morgan fingerprint density at radius 3 is 2.76 bits per heavy atom. The van der Waals surface area contributed by atoms with Gasteiger partial charge in [-0.1, -0.05) is 41.5 Å². The van der Waals surface area contributed by atoms with Gasteiger partial charge in [-0.3, -0.25) is 0 Å². The first-order chi connectivity index (χ1) is 8.15. The van der Waals surface area contributed by atoms with Gasteiger partial charge in [0.25, 0.3) is 0 Å². The Bertz CT molecular complexity index is 396. The monoisotopic (exact) mass is 229 g/mol. The summed E-state index contributed by atoms with van der Waals surface area (Å²) < 4.78 is 0. The van der Waals surface area contributed by atoms with Crippen LogP contribution < -0.4 is 5.32 Å². The summed E-state index contributed by atoms with van der Waals surface area (Å²) in [6.45, 7) is 7.50. The van der Waals surface area contributed by atoms with Crippen molar-refractivity contribution in [2.45, 2.75) is 45.6 Å². The minimum absolute atomic E-state index is 0.719. The van der Waals surface area contributed by atoms with Crippen LogP contribution in [-0.4, -0.2) is 12.6 Å². The molecule has 1 aliphatic rings. The average molecular weight is 229 g/mol. The third-order valence-corrected chi connectivity index (χ3v) is 3.57. The molecule has 1 aliphatic carbocycles. The molecular formula is C16H23N. The lowest BCUT2D eigenvalue weighted by Crippen LogP contribution is -2.40. The van der Waals surface area contributed by atoms with Crippen LogP contribution in [0.5, 0.6) is 0 Å². The van der Waals surface area contributed by atoms with Gasteiger partial charge in [0.05, 0.1) is 0 Å². The molecule has 0 saturated heterocycles. The van der Waals surface area contributed by atoms with E-state index in [0.717, 1.165) is 18.5 Å². The molecule has 0 aliphatic heterocycles. The molecule has 0 unspecified atom stereocenters. The van der Waals surface area contributed by atoms with E-state index >= 15 is 0 Å². The number of rotatable bonds is 4. The molecule has 0 atom stereocenters. The lowest BCUT2D eigenvalue weighted by molar-refractivity contribution is 0.299. The number of aryl methyl sites for hydroxylation is 1. The molecule has 0 bridgehead atoms. The van der Waals surface area contributed by atoms with Gasteiger partial charge in [0.2, 0.25) is 0 Å². The molecule has 0 radical (unpaired) electrons. The predicted molar refractivity (Wildman–Crippen MR) is 74.4 cm³/mol. The van der Waals surface area contributed by atoms with E-state index < -0.39 is 0 Å². The molecule has 1 nitrogen and oxygen atoms in total. The average Bonchev–Trinajstić information content (AvgIpc) is 2.21. The van der Waals surface area contributed by atoms with Crippen LogP contribution in [0.1, 0.15) is 43.7 Å². The number of hydrogen-bond donors (Lipinski definition) is 1. The van der Waals surface area contributed by atoms with Gasteiger partial charge in [0.1, 0.15) is 0 Å². The van der Waals surface area contributed by atoms with Crippen molar-refractivity contribution in [2.75, 3.05) is 6.54 Å². The lowest BCUT2D eigenvalue weighted by Gasteiger charge is -2.36. The van der Waals surface area contributed by atoms with Gasteiger partial charge < -0.3 is 5.32 Å². The van der Waals surface area contributed by atoms with Crippen molar-refractivity contribution in [3.05, 3.63) is 47.0 Å². The van der Waals surface area contributed by atoms with Crippen molar-refractivity contribution in [1.82, 2.24) is 5.32 Å². The van der Waals surface area contributed by atoms with Crippen molar-refractivity contribution in [3.8, 4) is 0 Å². The van der Waals surface area contributed by atoms with E-state index in [9.17, 15) is 0 Å². The molecule has 0 aromatic heterocycles. The zero-order valence-corrected chi connectivity index (χ0v) is 11.2. The van der Waals surface area contributed by atoms with Gasteiger partial charge in [-0.15, -0.1) is 0 Å². The van der Waals surface area contributed by atoms with Crippen molar-refractivity contribution < 1.29 is 0 Å². The number of nitrogens with one attached hydrogen (secondary N) is 1. The molecule has 1 aromatic carbocycles. The van der Waals surface area contributed by atoms with E-state index in [2.05, 4.69) is 56.4 Å². The molecule has 2 rings (SSSR count). The van der Waals surface area contributed by atoms with Crippen molar-refractivity contribution in [3.63, 3.8) is 0 Å². The third-order valence-electron chi connectivity index (χ3n) is 3.57. The number of hydrogen-bond acceptors (Lipinski definition) is 1. The van der Waals surface area contributed by atoms with Crippen LogP contribution in [0.3, 0.4) is 0 Å². The Morgan fingerprint density at radius 1 is 1.35 bits per heavy atom. The van der Waals surface area contributed by atoms with E-state index in [1.807, 2.05) is 0 Å². The van der Waals surface area contributed by atoms with Gasteiger partial charge in [0.15, 0.2) is 0 Å². The maximum atomic E-state index is 3.59. The zero-order chi connectivity index (χ0) is 12.3. The second-order valence-corrected chi connectivity index (χ2v) is 5.47. The molecule has 0 spiro atoms. The second-order valence-electron chi connectivity index (χ2n) is 5.47. The summed E-state index contributed by atoms with van der Waals surface area (Å²) in [7, 11) is 0. The summed E-state index contributed by atoms with van der Waals surface area (Å²) in [5.74, 6) is 0.777. The Morgan fingerprint density at radius 2 is 2.12 bits per heavy atom. The summed E-state index contributed by atoms with van der Waals surface area (Å²) in [6.07, 6.45) is 4.85. The second kappa shape index (κ2) is 5.50. The molecule has 0 amide bonds. The normalized spacial score (nSPS) is 23.0. The van der Waals surface area contributed by atoms with Crippen LogP contribution in [0, 0.1) is 6.92 Å². The molecule has 92 valence electrons. The van der Waals surface area contributed by atoms with Crippen LogP contribution in [-0.2, 0) is 0 Å². The third kappa shape index (κ3) is 3.44. The molecule has 17 heavy (non-hydrogen) atoms. The van der Waals surface area contributed by atoms with Crippen LogP contribution in [0.25, 0.3) is 0 Å². The lowest BCUT2D eigenvalue weighted by atomic mass is 9.75. The van der Waals surface area contributed by atoms with Crippen LogP contribution in [0.4, 0.5) is 0 Å². The fourth-order valence-corrected chi connectivity index (χ4v) is 2.41. The van der Waals surface area contributed by atoms with Crippen molar-refractivity contribution >= 4 is 0 Å². The molecule has 1 N–H and O–H groups in total. The van der Waals surface area contributed by atoms with E-state index in [1.54, 1.807) is 0 Å². The fourth-order valence-electron chi connectivity index (χ4n) is 2.41. The molecule has 1 heteroatoms. The number of benzene rings is 1. The van der Waals surface area contributed by atoms with Gasteiger partial charge in [-0.25, -0.2) is 0 Å². The predicted octanol–water partition coefficient (Wildman–Crippen LogP) is 3.80. The first kappa shape index (κ1) is 12.4. The minimum atomic E-state index is 0.719. The smallest absolute Gasteiger partial charge is 0.0139 e. The zero-order valence-electron chi connectivity index (χ0n) is 11.2. The van der Waals surface area contributed by atoms with Gasteiger partial charge in [0, 0.05) is 12.6 Å². The Hall–Kier alpha value is -1.08. The highest BCUT2D eigenvalue weighted by Gasteiger charge is 2.29. The van der Waals surface area contributed by atoms with Crippen LogP contribution in [0.2, 0.25) is 0 Å². The first-order valence-electron chi connectivity index (χ1n) is 6.58. The van der Waals surface area contributed by atoms with Crippen LogP contribution >= 0.6 is 0 Å². The number of allylic oxidation sites excluding steroid dienone is 1. The largest absolute Gasteiger partial charge is 0.310 e. The first-order valence-corrected chi connectivity index (χ1v) is 6.58. The minimum Gasteiger partial charge on any atom is -0.310 e. The molecule has 1 saturated carbocycles. The van der Waals surface area contributed by atoms with E-state index in [1.165, 1.54) is 29.5 Å². The maximum Gasteiger partial charge on any atom is 0.0139 e. The van der Waals surface area contributed by atoms with E-state index in [0.29, 0.717) is 0 Å². The van der Waals surface area contributed by atoms with Crippen molar-refractivity contribution in [2.24, 2.45) is 0 Å². The highest BCUT2D eigenvalue weighted by molar-refractivity contribution is 5.27. The highest BCUT2D eigenvalue weighted by atomic mass is 14.9. The SMILES string of the molecule is CC(C)=CCNC1CC(c2cccc(C)c2)C1. The summed E-state index contributed by atoms with van der Waals surface area (Å²) in [4.78, 5) is 0. The topological polar surface area (TPSA) is 12.0 Å². The van der Waals surface area contributed by atoms with Gasteiger partial charge >= 0.3 is 0 Å². The molecular weight excluding hydrogens is 206 g/mol. The summed E-state index contributed by atoms with van der Waals surface area (Å²) >= 11 is 0. The standard InChI is InChI=1S/C16H23N/c1-12(2)7-8-17-16-10-15(11-16)14-6-4-5-13(3)9-14/h4-7,9,15-17H,8,10-11H2,1-3H3. The summed E-state index contributed by atoms with van der Waals surface area (Å²) in [5.41, 5.74) is 4.29. The Kier molecular flexibility index (Phi) is 4.01. The molecule has 0 heterocycles. The molecule has 1 fully saturated rings. The summed E-state index contributed by atoms with van der Waals surface area (Å²) in [5, 5.41) is 3.59. The van der Waals surface area contributed by atoms with E-state index in [4.69, 9.17) is 0 Å². The quantitative estimate of drug-likeness (QED) is 0.774. The van der Waals surface area contributed by atoms with E-state index in [-0.39, 0.29) is 0 Å². The Balaban J connectivity index is 1.77. The molecule has 1 aromatic rings. The van der Waals surface area contributed by atoms with Crippen molar-refractivity contribution in [1.29, 1.82) is 0 Å². The Labute approximate surface area is 105 Å². The fraction of sp³-hybridized carbons (Fsp3) is 0.500. The van der Waals surface area contributed by atoms with Crippen LogP contribution in [0.15, 0.2) is 35.9 Å². The highest BCUT2D eigenvalue weighted by Crippen LogP contribution is 2.36.